The maximum absolute atomic E-state index is 12.4. The summed E-state index contributed by atoms with van der Waals surface area (Å²) >= 11 is 3.16. The van der Waals surface area contributed by atoms with Crippen molar-refractivity contribution in [3.8, 4) is 0 Å². The molecule has 3 heterocycles. The number of hydrogen-bond acceptors (Lipinski definition) is 6. The van der Waals surface area contributed by atoms with Gasteiger partial charge in [-0.3, -0.25) is 14.3 Å². The number of hydrogen-bond donors (Lipinski definition) is 1. The lowest BCUT2D eigenvalue weighted by Gasteiger charge is -2.09. The average molecular weight is 319 g/mol. The molecule has 0 unspecified atom stereocenters. The maximum Gasteiger partial charge on any atom is 0.259 e. The molecule has 0 amide bonds. The monoisotopic (exact) mass is 319 g/mol. The molecule has 4 rings (SSSR count). The molecule has 0 aliphatic heterocycles. The first-order chi connectivity index (χ1) is 10.3. The summed E-state index contributed by atoms with van der Waals surface area (Å²) in [6.45, 7) is 0. The zero-order valence-electron chi connectivity index (χ0n) is 11.2. The van der Waals surface area contributed by atoms with Gasteiger partial charge in [0.25, 0.3) is 5.56 Å². The maximum atomic E-state index is 12.4. The van der Waals surface area contributed by atoms with E-state index in [-0.39, 0.29) is 5.56 Å². The summed E-state index contributed by atoms with van der Waals surface area (Å²) in [7, 11) is 0. The van der Waals surface area contributed by atoms with Gasteiger partial charge in [-0.15, -0.1) is 11.3 Å². The molecule has 1 aliphatic rings. The Morgan fingerprint density at radius 1 is 1.38 bits per heavy atom. The summed E-state index contributed by atoms with van der Waals surface area (Å²) in [4.78, 5) is 23.2. The van der Waals surface area contributed by atoms with Crippen molar-refractivity contribution in [3.63, 3.8) is 0 Å². The molecule has 8 heteroatoms. The van der Waals surface area contributed by atoms with Crippen molar-refractivity contribution < 1.29 is 0 Å². The number of rotatable bonds is 3. The molecular weight excluding hydrogens is 306 g/mol. The van der Waals surface area contributed by atoms with E-state index in [4.69, 9.17) is 0 Å². The minimum Gasteiger partial charge on any atom is -0.269 e. The van der Waals surface area contributed by atoms with Gasteiger partial charge in [-0.1, -0.05) is 11.8 Å². The topological polar surface area (TPSA) is 75.9 Å². The summed E-state index contributed by atoms with van der Waals surface area (Å²) in [5.41, 5.74) is 2.00. The SMILES string of the molecule is O=c1cc(CSc2ncn[nH]2)nc2sc3c(n12)CCCC3. The van der Waals surface area contributed by atoms with Gasteiger partial charge in [0.15, 0.2) is 10.1 Å². The van der Waals surface area contributed by atoms with E-state index in [1.54, 1.807) is 21.8 Å². The molecular formula is C13H13N5OS2. The first kappa shape index (κ1) is 13.0. The number of nitrogens with zero attached hydrogens (tertiary/aromatic N) is 4. The zero-order valence-corrected chi connectivity index (χ0v) is 12.8. The number of fused-ring (bicyclic) bond motifs is 3. The van der Waals surface area contributed by atoms with Crippen LogP contribution >= 0.6 is 23.1 Å². The molecule has 108 valence electrons. The lowest BCUT2D eigenvalue weighted by atomic mass is 10.0. The van der Waals surface area contributed by atoms with Crippen molar-refractivity contribution in [2.45, 2.75) is 36.6 Å². The van der Waals surface area contributed by atoms with Gasteiger partial charge in [0.1, 0.15) is 6.33 Å². The number of nitrogens with one attached hydrogen (secondary N) is 1. The highest BCUT2D eigenvalue weighted by Crippen LogP contribution is 2.28. The van der Waals surface area contributed by atoms with E-state index in [0.717, 1.165) is 35.1 Å². The van der Waals surface area contributed by atoms with Crippen LogP contribution in [-0.2, 0) is 18.6 Å². The fraction of sp³-hybridized carbons (Fsp3) is 0.385. The van der Waals surface area contributed by atoms with E-state index >= 15 is 0 Å². The number of aryl methyl sites for hydroxylation is 2. The minimum atomic E-state index is 0.0348. The minimum absolute atomic E-state index is 0.0348. The molecule has 0 atom stereocenters. The number of aromatic amines is 1. The van der Waals surface area contributed by atoms with Crippen molar-refractivity contribution >= 4 is 28.1 Å². The number of aromatic nitrogens is 5. The van der Waals surface area contributed by atoms with Crippen LogP contribution in [0.1, 0.15) is 29.1 Å². The number of H-pyrrole nitrogens is 1. The van der Waals surface area contributed by atoms with Gasteiger partial charge < -0.3 is 0 Å². The van der Waals surface area contributed by atoms with Crippen molar-refractivity contribution in [1.82, 2.24) is 24.6 Å². The summed E-state index contributed by atoms with van der Waals surface area (Å²) < 4.78 is 1.79. The first-order valence-corrected chi connectivity index (χ1v) is 8.63. The molecule has 0 saturated heterocycles. The van der Waals surface area contributed by atoms with E-state index in [0.29, 0.717) is 5.75 Å². The molecule has 0 radical (unpaired) electrons. The second-order valence-electron chi connectivity index (χ2n) is 4.96. The van der Waals surface area contributed by atoms with Gasteiger partial charge in [0, 0.05) is 22.4 Å². The predicted molar refractivity (Wildman–Crippen MR) is 81.9 cm³/mol. The fourth-order valence-electron chi connectivity index (χ4n) is 2.62. The van der Waals surface area contributed by atoms with E-state index in [9.17, 15) is 4.79 Å². The standard InChI is InChI=1S/C13H13N5OS2/c19-11-5-8(6-20-12-14-7-15-17-12)16-13-18(11)9-3-1-2-4-10(9)21-13/h5,7H,1-4,6H2,(H,14,15,17). The van der Waals surface area contributed by atoms with Crippen LogP contribution in [0.3, 0.4) is 0 Å². The second kappa shape index (κ2) is 5.27. The van der Waals surface area contributed by atoms with Gasteiger partial charge >= 0.3 is 0 Å². The molecule has 1 N–H and O–H groups in total. The van der Waals surface area contributed by atoms with Crippen molar-refractivity contribution in [2.24, 2.45) is 0 Å². The predicted octanol–water partition coefficient (Wildman–Crippen LogP) is 2.05. The third-order valence-electron chi connectivity index (χ3n) is 3.56. The van der Waals surface area contributed by atoms with E-state index < -0.39 is 0 Å². The molecule has 6 nitrogen and oxygen atoms in total. The molecule has 0 spiro atoms. The lowest BCUT2D eigenvalue weighted by Crippen LogP contribution is -2.17. The highest BCUT2D eigenvalue weighted by molar-refractivity contribution is 7.98. The largest absolute Gasteiger partial charge is 0.269 e. The summed E-state index contributed by atoms with van der Waals surface area (Å²) in [6, 6.07) is 1.64. The summed E-state index contributed by atoms with van der Waals surface area (Å²) in [5, 5.41) is 7.34. The molecule has 1 aliphatic carbocycles. The number of thiazole rings is 1. The third-order valence-corrected chi connectivity index (χ3v) is 5.62. The van der Waals surface area contributed by atoms with Crippen LogP contribution in [0.15, 0.2) is 22.3 Å². The average Bonchev–Trinajstić information content (AvgIpc) is 3.12. The van der Waals surface area contributed by atoms with Crippen LogP contribution in [0.4, 0.5) is 0 Å². The normalized spacial score (nSPS) is 14.5. The summed E-state index contributed by atoms with van der Waals surface area (Å²) in [5.74, 6) is 0.615. The highest BCUT2D eigenvalue weighted by atomic mass is 32.2. The zero-order chi connectivity index (χ0) is 14.2. The van der Waals surface area contributed by atoms with Crippen molar-refractivity contribution in [3.05, 3.63) is 39.0 Å². The Hall–Kier alpha value is -1.67. The molecule has 21 heavy (non-hydrogen) atoms. The van der Waals surface area contributed by atoms with E-state index in [2.05, 4.69) is 20.2 Å². The fourth-order valence-corrected chi connectivity index (χ4v) is 4.53. The van der Waals surface area contributed by atoms with Gasteiger partial charge in [-0.2, -0.15) is 5.10 Å². The first-order valence-electron chi connectivity index (χ1n) is 6.82. The summed E-state index contributed by atoms with van der Waals surface area (Å²) in [6.07, 6.45) is 5.91. The molecule has 0 bridgehead atoms. The van der Waals surface area contributed by atoms with Crippen LogP contribution in [0.5, 0.6) is 0 Å². The van der Waals surface area contributed by atoms with Gasteiger partial charge in [-0.25, -0.2) is 9.97 Å². The smallest absolute Gasteiger partial charge is 0.259 e. The molecule has 3 aromatic heterocycles. The Bertz CT molecular complexity index is 836. The molecule has 0 aromatic carbocycles. The molecule has 0 fully saturated rings. The van der Waals surface area contributed by atoms with Crippen LogP contribution in [0.2, 0.25) is 0 Å². The van der Waals surface area contributed by atoms with Crippen LogP contribution in [0.25, 0.3) is 4.96 Å². The Kier molecular flexibility index (Phi) is 3.27. The van der Waals surface area contributed by atoms with Crippen molar-refractivity contribution in [2.75, 3.05) is 0 Å². The Balaban J connectivity index is 1.70. The van der Waals surface area contributed by atoms with E-state index in [1.165, 1.54) is 35.1 Å². The highest BCUT2D eigenvalue weighted by Gasteiger charge is 2.18. The van der Waals surface area contributed by atoms with Crippen LogP contribution < -0.4 is 5.56 Å². The molecule has 3 aromatic rings. The number of thioether (sulfide) groups is 1. The van der Waals surface area contributed by atoms with Crippen LogP contribution in [0, 0.1) is 0 Å². The van der Waals surface area contributed by atoms with Gasteiger partial charge in [0.2, 0.25) is 0 Å². The second-order valence-corrected chi connectivity index (χ2v) is 6.99. The van der Waals surface area contributed by atoms with Gasteiger partial charge in [-0.05, 0) is 25.7 Å². The quantitative estimate of drug-likeness (QED) is 0.748. The van der Waals surface area contributed by atoms with Gasteiger partial charge in [0.05, 0.1) is 5.69 Å². The lowest BCUT2D eigenvalue weighted by molar-refractivity contribution is 0.670. The molecule has 0 saturated carbocycles. The van der Waals surface area contributed by atoms with Crippen LogP contribution in [-0.4, -0.2) is 24.6 Å². The third kappa shape index (κ3) is 2.38. The van der Waals surface area contributed by atoms with E-state index in [1.807, 2.05) is 0 Å². The Labute approximate surface area is 128 Å². The Morgan fingerprint density at radius 2 is 2.29 bits per heavy atom. The Morgan fingerprint density at radius 3 is 3.14 bits per heavy atom. The van der Waals surface area contributed by atoms with Crippen molar-refractivity contribution in [1.29, 1.82) is 0 Å².